The molecule has 2 heteroatoms. The molecule has 0 saturated heterocycles. The zero-order valence-electron chi connectivity index (χ0n) is 10.5. The normalized spacial score (nSPS) is 11.0. The largest absolute Gasteiger partial charge is 0.481 e. The molecule has 0 saturated carbocycles. The quantitative estimate of drug-likeness (QED) is 0.779. The van der Waals surface area contributed by atoms with Crippen LogP contribution in [0.3, 0.4) is 0 Å². The van der Waals surface area contributed by atoms with E-state index in [-0.39, 0.29) is 5.41 Å². The number of hydrogen-bond acceptors (Lipinski definition) is 1. The van der Waals surface area contributed by atoms with Crippen molar-refractivity contribution >= 4 is 10.9 Å². The second-order valence-corrected chi connectivity index (χ2v) is 5.07. The molecule has 88 valence electrons. The van der Waals surface area contributed by atoms with Crippen molar-refractivity contribution < 1.29 is 4.74 Å². The summed E-state index contributed by atoms with van der Waals surface area (Å²) >= 11 is 0. The van der Waals surface area contributed by atoms with Gasteiger partial charge in [0.05, 0.1) is 0 Å². The number of hydrogen-bond donors (Lipinski definition) is 1. The van der Waals surface area contributed by atoms with E-state index < -0.39 is 0 Å². The van der Waals surface area contributed by atoms with Gasteiger partial charge in [0, 0.05) is 22.5 Å². The second-order valence-electron chi connectivity index (χ2n) is 5.07. The molecule has 0 atom stereocenters. The van der Waals surface area contributed by atoms with Crippen molar-refractivity contribution in [3.8, 4) is 17.6 Å². The first-order chi connectivity index (χ1) is 8.04. The molecule has 1 aromatic carbocycles. The number of fused-ring (bicyclic) bond motifs is 1. The summed E-state index contributed by atoms with van der Waals surface area (Å²) in [6, 6.07) is 8.02. The Hall–Kier alpha value is -1.88. The fourth-order valence-electron chi connectivity index (χ4n) is 1.54. The number of aromatic amines is 1. The van der Waals surface area contributed by atoms with Gasteiger partial charge in [-0.1, -0.05) is 11.8 Å². The third-order valence-corrected chi connectivity index (χ3v) is 2.30. The Bertz CT molecular complexity index is 564. The van der Waals surface area contributed by atoms with E-state index in [0.717, 1.165) is 16.7 Å². The van der Waals surface area contributed by atoms with Gasteiger partial charge in [-0.25, -0.2) is 0 Å². The molecule has 0 radical (unpaired) electrons. The maximum atomic E-state index is 5.59. The first kappa shape index (κ1) is 11.6. The van der Waals surface area contributed by atoms with E-state index in [2.05, 4.69) is 37.6 Å². The highest BCUT2D eigenvalue weighted by molar-refractivity contribution is 5.80. The number of benzene rings is 1. The first-order valence-corrected chi connectivity index (χ1v) is 5.75. The molecule has 0 aliphatic rings. The Morgan fingerprint density at radius 1 is 1.24 bits per heavy atom. The van der Waals surface area contributed by atoms with Crippen molar-refractivity contribution in [2.75, 3.05) is 6.61 Å². The Morgan fingerprint density at radius 3 is 2.82 bits per heavy atom. The predicted molar refractivity (Wildman–Crippen MR) is 71.0 cm³/mol. The molecule has 2 nitrogen and oxygen atoms in total. The zero-order valence-corrected chi connectivity index (χ0v) is 10.5. The molecule has 0 unspecified atom stereocenters. The summed E-state index contributed by atoms with van der Waals surface area (Å²) in [7, 11) is 0. The Kier molecular flexibility index (Phi) is 3.10. The highest BCUT2D eigenvalue weighted by Crippen LogP contribution is 2.19. The number of nitrogens with one attached hydrogen (secondary N) is 1. The van der Waals surface area contributed by atoms with Gasteiger partial charge in [-0.05, 0) is 45.0 Å². The van der Waals surface area contributed by atoms with Gasteiger partial charge in [0.15, 0.2) is 0 Å². The smallest absolute Gasteiger partial charge is 0.149 e. The number of H-pyrrole nitrogens is 1. The highest BCUT2D eigenvalue weighted by Gasteiger charge is 2.03. The van der Waals surface area contributed by atoms with Crippen molar-refractivity contribution in [1.29, 1.82) is 0 Å². The van der Waals surface area contributed by atoms with Gasteiger partial charge in [0.1, 0.15) is 12.4 Å². The first-order valence-electron chi connectivity index (χ1n) is 5.75. The SMILES string of the molecule is CC(C)(C)C#CCOc1ccc2[nH]ccc2c1. The average Bonchev–Trinajstić information content (AvgIpc) is 2.70. The van der Waals surface area contributed by atoms with Crippen LogP contribution in [0.15, 0.2) is 30.5 Å². The summed E-state index contributed by atoms with van der Waals surface area (Å²) in [5.74, 6) is 7.04. The van der Waals surface area contributed by atoms with Gasteiger partial charge in [-0.3, -0.25) is 0 Å². The monoisotopic (exact) mass is 227 g/mol. The van der Waals surface area contributed by atoms with Crippen LogP contribution >= 0.6 is 0 Å². The van der Waals surface area contributed by atoms with E-state index in [1.807, 2.05) is 30.5 Å². The number of rotatable bonds is 2. The topological polar surface area (TPSA) is 25.0 Å². The lowest BCUT2D eigenvalue weighted by molar-refractivity contribution is 0.370. The van der Waals surface area contributed by atoms with Gasteiger partial charge in [0.25, 0.3) is 0 Å². The summed E-state index contributed by atoms with van der Waals surface area (Å²) in [5, 5.41) is 1.16. The predicted octanol–water partition coefficient (Wildman–Crippen LogP) is 3.60. The summed E-state index contributed by atoms with van der Waals surface area (Å²) in [6.07, 6.45) is 1.92. The lowest BCUT2D eigenvalue weighted by Gasteiger charge is -2.07. The van der Waals surface area contributed by atoms with Crippen LogP contribution in [0.2, 0.25) is 0 Å². The molecule has 0 spiro atoms. The van der Waals surface area contributed by atoms with Crippen LogP contribution in [-0.2, 0) is 0 Å². The van der Waals surface area contributed by atoms with Crippen molar-refractivity contribution in [2.45, 2.75) is 20.8 Å². The molecule has 1 N–H and O–H groups in total. The lowest BCUT2D eigenvalue weighted by Crippen LogP contribution is -2.01. The minimum absolute atomic E-state index is 0.0357. The summed E-state index contributed by atoms with van der Waals surface area (Å²) in [4.78, 5) is 3.15. The van der Waals surface area contributed by atoms with Gasteiger partial charge in [-0.2, -0.15) is 0 Å². The van der Waals surface area contributed by atoms with E-state index in [4.69, 9.17) is 4.74 Å². The van der Waals surface area contributed by atoms with E-state index >= 15 is 0 Å². The van der Waals surface area contributed by atoms with Crippen LogP contribution in [-0.4, -0.2) is 11.6 Å². The number of aromatic nitrogens is 1. The fourth-order valence-corrected chi connectivity index (χ4v) is 1.54. The summed E-state index contributed by atoms with van der Waals surface area (Å²) in [6.45, 7) is 6.71. The molecule has 2 aromatic rings. The third kappa shape index (κ3) is 3.29. The summed E-state index contributed by atoms with van der Waals surface area (Å²) in [5.41, 5.74) is 1.16. The maximum absolute atomic E-state index is 5.59. The van der Waals surface area contributed by atoms with Crippen LogP contribution in [0.5, 0.6) is 5.75 Å². The fraction of sp³-hybridized carbons (Fsp3) is 0.333. The minimum atomic E-state index is 0.0357. The van der Waals surface area contributed by atoms with Gasteiger partial charge in [0.2, 0.25) is 0 Å². The maximum Gasteiger partial charge on any atom is 0.149 e. The van der Waals surface area contributed by atoms with Crippen molar-refractivity contribution in [2.24, 2.45) is 5.41 Å². The van der Waals surface area contributed by atoms with Gasteiger partial charge in [-0.15, -0.1) is 0 Å². The molecule has 17 heavy (non-hydrogen) atoms. The highest BCUT2D eigenvalue weighted by atomic mass is 16.5. The van der Waals surface area contributed by atoms with Crippen LogP contribution in [0.25, 0.3) is 10.9 Å². The molecular weight excluding hydrogens is 210 g/mol. The van der Waals surface area contributed by atoms with Crippen LogP contribution < -0.4 is 4.74 Å². The Balaban J connectivity index is 2.01. The Morgan fingerprint density at radius 2 is 2.06 bits per heavy atom. The summed E-state index contributed by atoms with van der Waals surface area (Å²) < 4.78 is 5.59. The minimum Gasteiger partial charge on any atom is -0.481 e. The second kappa shape index (κ2) is 4.55. The zero-order chi connectivity index (χ0) is 12.3. The van der Waals surface area contributed by atoms with Crippen LogP contribution in [0.1, 0.15) is 20.8 Å². The van der Waals surface area contributed by atoms with E-state index in [1.54, 1.807) is 0 Å². The van der Waals surface area contributed by atoms with E-state index in [1.165, 1.54) is 0 Å². The average molecular weight is 227 g/mol. The third-order valence-electron chi connectivity index (χ3n) is 2.30. The molecule has 0 amide bonds. The molecule has 1 aromatic heterocycles. The standard InChI is InChI=1S/C15H17NO/c1-15(2,3)8-4-10-17-13-5-6-14-12(11-13)7-9-16-14/h5-7,9,11,16H,10H2,1-3H3. The molecule has 1 heterocycles. The number of ether oxygens (including phenoxy) is 1. The lowest BCUT2D eigenvalue weighted by atomic mass is 9.98. The van der Waals surface area contributed by atoms with E-state index in [9.17, 15) is 0 Å². The molecule has 0 aliphatic carbocycles. The molecule has 0 aliphatic heterocycles. The van der Waals surface area contributed by atoms with Crippen LogP contribution in [0, 0.1) is 17.3 Å². The molecular formula is C15H17NO. The van der Waals surface area contributed by atoms with Gasteiger partial charge < -0.3 is 9.72 Å². The molecule has 0 bridgehead atoms. The van der Waals surface area contributed by atoms with Crippen LogP contribution in [0.4, 0.5) is 0 Å². The molecule has 0 fully saturated rings. The Labute approximate surface area is 102 Å². The van der Waals surface area contributed by atoms with Crippen molar-refractivity contribution in [1.82, 2.24) is 4.98 Å². The van der Waals surface area contributed by atoms with E-state index in [0.29, 0.717) is 6.61 Å². The van der Waals surface area contributed by atoms with Gasteiger partial charge >= 0.3 is 0 Å². The molecule has 2 rings (SSSR count). The van der Waals surface area contributed by atoms with Crippen molar-refractivity contribution in [3.05, 3.63) is 30.5 Å². The van der Waals surface area contributed by atoms with Crippen molar-refractivity contribution in [3.63, 3.8) is 0 Å².